The van der Waals surface area contributed by atoms with Gasteiger partial charge in [0.25, 0.3) is 5.91 Å². The molecule has 0 spiro atoms. The minimum Gasteiger partial charge on any atom is -0.350 e. The van der Waals surface area contributed by atoms with E-state index in [4.69, 9.17) is 28.2 Å². The van der Waals surface area contributed by atoms with Gasteiger partial charge in [-0.1, -0.05) is 41.4 Å². The molecule has 39 heavy (non-hydrogen) atoms. The zero-order chi connectivity index (χ0) is 27.1. The van der Waals surface area contributed by atoms with Crippen molar-refractivity contribution in [3.63, 3.8) is 0 Å². The van der Waals surface area contributed by atoms with Gasteiger partial charge in [0.2, 0.25) is 0 Å². The van der Waals surface area contributed by atoms with Crippen molar-refractivity contribution in [1.82, 2.24) is 24.3 Å². The highest BCUT2D eigenvalue weighted by atomic mass is 35.5. The van der Waals surface area contributed by atoms with Crippen molar-refractivity contribution >= 4 is 40.0 Å². The van der Waals surface area contributed by atoms with Crippen LogP contribution in [0.2, 0.25) is 10.0 Å². The average molecular weight is 562 g/mol. The molecule has 198 valence electrons. The van der Waals surface area contributed by atoms with Gasteiger partial charge in [-0.05, 0) is 61.1 Å². The Morgan fingerprint density at radius 2 is 1.64 bits per heavy atom. The number of likely N-dealkylation sites (N-methyl/N-ethyl adjacent to an activating group) is 1. The molecule has 0 saturated carbocycles. The molecule has 1 amide bonds. The van der Waals surface area contributed by atoms with Crippen molar-refractivity contribution in [2.75, 3.05) is 33.2 Å². The van der Waals surface area contributed by atoms with Crippen LogP contribution in [0.1, 0.15) is 16.1 Å². The molecular weight excluding hydrogens is 536 g/mol. The number of nitrogens with one attached hydrogen (secondary N) is 1. The quantitative estimate of drug-likeness (QED) is 0.263. The number of hydrogen-bond donors (Lipinski definition) is 1. The van der Waals surface area contributed by atoms with Gasteiger partial charge >= 0.3 is 0 Å². The molecule has 1 aliphatic rings. The van der Waals surface area contributed by atoms with E-state index in [9.17, 15) is 9.18 Å². The van der Waals surface area contributed by atoms with E-state index in [-0.39, 0.29) is 11.7 Å². The number of rotatable bonds is 5. The Morgan fingerprint density at radius 1 is 0.949 bits per heavy atom. The minimum absolute atomic E-state index is 0.0743. The maximum atomic E-state index is 14.0. The number of halogens is 3. The Hall–Kier alpha value is -3.65. The number of carbonyl (C=O) groups is 1. The Labute approximate surface area is 235 Å². The van der Waals surface area contributed by atoms with E-state index in [0.717, 1.165) is 46.4 Å². The smallest absolute Gasteiger partial charge is 0.271 e. The first kappa shape index (κ1) is 25.6. The third-order valence-electron chi connectivity index (χ3n) is 7.22. The molecule has 1 aliphatic heterocycles. The van der Waals surface area contributed by atoms with Gasteiger partial charge in [0.05, 0.1) is 17.7 Å². The van der Waals surface area contributed by atoms with Gasteiger partial charge in [-0.25, -0.2) is 9.37 Å². The molecule has 0 radical (unpaired) electrons. The van der Waals surface area contributed by atoms with Crippen LogP contribution in [0.5, 0.6) is 0 Å². The molecule has 0 bridgehead atoms. The SMILES string of the molecule is CN1CCN(C(=O)c2[nH]c3cc(Cl)ccc3c2-c2c(-c3ccc(F)cc3)ncn2Cc2ccc(Cl)cc2)CC1. The third-order valence-corrected chi connectivity index (χ3v) is 7.71. The number of H-pyrrole nitrogens is 1. The van der Waals surface area contributed by atoms with E-state index in [2.05, 4.69) is 16.9 Å². The van der Waals surface area contributed by atoms with Crippen LogP contribution in [0, 0.1) is 5.82 Å². The number of benzene rings is 3. The van der Waals surface area contributed by atoms with Gasteiger partial charge in [0.1, 0.15) is 11.5 Å². The van der Waals surface area contributed by atoms with Gasteiger partial charge < -0.3 is 19.4 Å². The topological polar surface area (TPSA) is 57.2 Å². The van der Waals surface area contributed by atoms with Crippen molar-refractivity contribution in [1.29, 1.82) is 0 Å². The fraction of sp³-hybridized carbons (Fsp3) is 0.200. The number of fused-ring (bicyclic) bond motifs is 1. The summed E-state index contributed by atoms with van der Waals surface area (Å²) in [6, 6.07) is 19.5. The van der Waals surface area contributed by atoms with Gasteiger partial charge in [0, 0.05) is 64.8 Å². The zero-order valence-corrected chi connectivity index (χ0v) is 22.8. The highest BCUT2D eigenvalue weighted by Crippen LogP contribution is 2.40. The number of carbonyl (C=O) groups excluding carboxylic acids is 1. The molecule has 5 aromatic rings. The van der Waals surface area contributed by atoms with E-state index in [1.165, 1.54) is 12.1 Å². The summed E-state index contributed by atoms with van der Waals surface area (Å²) in [5.41, 5.74) is 5.20. The molecule has 3 heterocycles. The van der Waals surface area contributed by atoms with Crippen molar-refractivity contribution in [2.24, 2.45) is 0 Å². The summed E-state index contributed by atoms with van der Waals surface area (Å²) in [6.45, 7) is 3.40. The normalized spacial score (nSPS) is 14.3. The molecule has 2 aromatic heterocycles. The highest BCUT2D eigenvalue weighted by molar-refractivity contribution is 6.31. The Morgan fingerprint density at radius 3 is 2.36 bits per heavy atom. The van der Waals surface area contributed by atoms with E-state index >= 15 is 0 Å². The number of nitrogens with zero attached hydrogens (tertiary/aromatic N) is 4. The number of piperazine rings is 1. The Bertz CT molecular complexity index is 1650. The second-order valence-corrected chi connectivity index (χ2v) is 10.7. The van der Waals surface area contributed by atoms with Crippen LogP contribution in [-0.4, -0.2) is 63.5 Å². The fourth-order valence-corrected chi connectivity index (χ4v) is 5.41. The second kappa shape index (κ2) is 10.5. The lowest BCUT2D eigenvalue weighted by molar-refractivity contribution is 0.0660. The summed E-state index contributed by atoms with van der Waals surface area (Å²) in [4.78, 5) is 26.3. The molecule has 6 rings (SSSR count). The van der Waals surface area contributed by atoms with Crippen molar-refractivity contribution in [3.8, 4) is 22.5 Å². The summed E-state index contributed by atoms with van der Waals surface area (Å²) in [6.07, 6.45) is 1.77. The number of aromatic amines is 1. The third kappa shape index (κ3) is 5.05. The lowest BCUT2D eigenvalue weighted by atomic mass is 10.0. The highest BCUT2D eigenvalue weighted by Gasteiger charge is 2.29. The lowest BCUT2D eigenvalue weighted by Gasteiger charge is -2.32. The predicted molar refractivity (Wildman–Crippen MR) is 154 cm³/mol. The van der Waals surface area contributed by atoms with Crippen molar-refractivity contribution < 1.29 is 9.18 Å². The molecule has 0 aliphatic carbocycles. The standard InChI is InChI=1S/C30H26Cl2FN5O/c1-36-12-14-37(15-13-36)30(39)28-26(24-11-8-22(32)16-25(24)35-28)29-27(20-4-9-23(33)10-5-20)34-18-38(29)17-19-2-6-21(31)7-3-19/h2-11,16,18,35H,12-15,17H2,1H3. The van der Waals surface area contributed by atoms with E-state index in [1.807, 2.05) is 51.9 Å². The van der Waals surface area contributed by atoms with Crippen LogP contribution in [0.15, 0.2) is 73.1 Å². The largest absolute Gasteiger partial charge is 0.350 e. The van der Waals surface area contributed by atoms with Crippen LogP contribution < -0.4 is 0 Å². The van der Waals surface area contributed by atoms with Crippen LogP contribution >= 0.6 is 23.2 Å². The van der Waals surface area contributed by atoms with Crippen molar-refractivity contribution in [2.45, 2.75) is 6.54 Å². The fourth-order valence-electron chi connectivity index (χ4n) is 5.11. The number of amides is 1. The first-order chi connectivity index (χ1) is 18.9. The maximum Gasteiger partial charge on any atom is 0.271 e. The number of imidazole rings is 1. The summed E-state index contributed by atoms with van der Waals surface area (Å²) in [7, 11) is 2.06. The molecule has 3 aromatic carbocycles. The van der Waals surface area contributed by atoms with Crippen molar-refractivity contribution in [3.05, 3.63) is 100 Å². The molecule has 1 N–H and O–H groups in total. The number of aromatic nitrogens is 3. The Kier molecular flexibility index (Phi) is 6.89. The molecule has 0 unspecified atom stereocenters. The molecule has 9 heteroatoms. The number of hydrogen-bond acceptors (Lipinski definition) is 3. The Balaban J connectivity index is 1.57. The van der Waals surface area contributed by atoms with Crippen LogP contribution in [0.25, 0.3) is 33.4 Å². The summed E-state index contributed by atoms with van der Waals surface area (Å²) >= 11 is 12.5. The van der Waals surface area contributed by atoms with Crippen LogP contribution in [-0.2, 0) is 6.54 Å². The summed E-state index contributed by atoms with van der Waals surface area (Å²) in [5, 5.41) is 2.09. The molecule has 6 nitrogen and oxygen atoms in total. The molecule has 1 saturated heterocycles. The maximum absolute atomic E-state index is 14.0. The molecule has 1 fully saturated rings. The lowest BCUT2D eigenvalue weighted by Crippen LogP contribution is -2.47. The van der Waals surface area contributed by atoms with E-state index in [0.29, 0.717) is 41.1 Å². The van der Waals surface area contributed by atoms with Gasteiger partial charge in [0.15, 0.2) is 0 Å². The average Bonchev–Trinajstić information content (AvgIpc) is 3.51. The predicted octanol–water partition coefficient (Wildman–Crippen LogP) is 6.58. The molecule has 0 atom stereocenters. The first-order valence-corrected chi connectivity index (χ1v) is 13.5. The summed E-state index contributed by atoms with van der Waals surface area (Å²) in [5.74, 6) is -0.400. The summed E-state index contributed by atoms with van der Waals surface area (Å²) < 4.78 is 15.9. The van der Waals surface area contributed by atoms with Gasteiger partial charge in [-0.15, -0.1) is 0 Å². The van der Waals surface area contributed by atoms with Gasteiger partial charge in [-0.2, -0.15) is 0 Å². The van der Waals surface area contributed by atoms with Crippen LogP contribution in [0.4, 0.5) is 4.39 Å². The zero-order valence-electron chi connectivity index (χ0n) is 21.3. The van der Waals surface area contributed by atoms with Gasteiger partial charge in [-0.3, -0.25) is 4.79 Å². The second-order valence-electron chi connectivity index (χ2n) is 9.86. The van der Waals surface area contributed by atoms with Crippen LogP contribution in [0.3, 0.4) is 0 Å². The minimum atomic E-state index is -0.325. The van der Waals surface area contributed by atoms with E-state index in [1.54, 1.807) is 18.5 Å². The monoisotopic (exact) mass is 561 g/mol. The first-order valence-electron chi connectivity index (χ1n) is 12.7. The molecular formula is C30H26Cl2FN5O. The van der Waals surface area contributed by atoms with E-state index < -0.39 is 0 Å².